The predicted molar refractivity (Wildman–Crippen MR) is 212 cm³/mol. The van der Waals surface area contributed by atoms with Gasteiger partial charge in [-0.05, 0) is 78.1 Å². The van der Waals surface area contributed by atoms with Crippen LogP contribution >= 0.6 is 0 Å². The second kappa shape index (κ2) is 12.4. The Balaban J connectivity index is 1.04. The molecule has 3 nitrogen and oxygen atoms in total. The minimum absolute atomic E-state index is 0.181. The summed E-state index contributed by atoms with van der Waals surface area (Å²) in [6.45, 7) is 0. The Morgan fingerprint density at radius 3 is 2.10 bits per heavy atom. The van der Waals surface area contributed by atoms with Crippen LogP contribution in [0.4, 0.5) is 22.7 Å². The maximum Gasteiger partial charge on any atom is 0.159 e. The van der Waals surface area contributed by atoms with Crippen molar-refractivity contribution >= 4 is 44.7 Å². The van der Waals surface area contributed by atoms with Crippen molar-refractivity contribution in [2.75, 3.05) is 9.80 Å². The number of furan rings is 1. The molecule has 4 unspecified atom stereocenters. The van der Waals surface area contributed by atoms with Gasteiger partial charge in [0.2, 0.25) is 0 Å². The molecule has 0 N–H and O–H groups in total. The SMILES string of the molecule is C1=CCC(c2ccc(N(C3=CCC(c4ccccc4)C=C3)c3ccc(N4c5c(ccc6c5oc5ccccc56)C5C=CC=CC54)cc3)cc2)C=C1. The largest absolute Gasteiger partial charge is 0.454 e. The van der Waals surface area contributed by atoms with E-state index in [0.717, 1.165) is 51.8 Å². The van der Waals surface area contributed by atoms with Gasteiger partial charge in [-0.25, -0.2) is 0 Å². The molecule has 3 aliphatic carbocycles. The maximum atomic E-state index is 6.63. The molecule has 4 aliphatic rings. The van der Waals surface area contributed by atoms with E-state index in [0.29, 0.717) is 11.8 Å². The molecule has 1 aliphatic heterocycles. The van der Waals surface area contributed by atoms with Crippen molar-refractivity contribution in [1.29, 1.82) is 0 Å². The highest BCUT2D eigenvalue weighted by Crippen LogP contribution is 2.52. The summed E-state index contributed by atoms with van der Waals surface area (Å²) in [5, 5.41) is 2.32. The lowest BCUT2D eigenvalue weighted by Gasteiger charge is -2.31. The Labute approximate surface area is 299 Å². The topological polar surface area (TPSA) is 19.6 Å². The summed E-state index contributed by atoms with van der Waals surface area (Å²) in [7, 11) is 0. The van der Waals surface area contributed by atoms with Crippen LogP contribution in [0.3, 0.4) is 0 Å². The smallest absolute Gasteiger partial charge is 0.159 e. The molecule has 0 amide bonds. The lowest BCUT2D eigenvalue weighted by Crippen LogP contribution is -2.28. The Bertz CT molecular complexity index is 2440. The van der Waals surface area contributed by atoms with Crippen molar-refractivity contribution in [3.63, 3.8) is 0 Å². The fourth-order valence-corrected chi connectivity index (χ4v) is 8.52. The molecule has 6 aromatic rings. The number of nitrogens with zero attached hydrogens (tertiary/aromatic N) is 2. The molecule has 51 heavy (non-hydrogen) atoms. The summed E-state index contributed by atoms with van der Waals surface area (Å²) in [4.78, 5) is 4.90. The van der Waals surface area contributed by atoms with Gasteiger partial charge in [0.25, 0.3) is 0 Å². The van der Waals surface area contributed by atoms with Crippen molar-refractivity contribution < 1.29 is 4.42 Å². The van der Waals surface area contributed by atoms with Crippen molar-refractivity contribution in [3.05, 3.63) is 204 Å². The Morgan fingerprint density at radius 1 is 0.588 bits per heavy atom. The number of anilines is 4. The van der Waals surface area contributed by atoms with Crippen LogP contribution in [0, 0.1) is 0 Å². The van der Waals surface area contributed by atoms with Gasteiger partial charge in [-0.3, -0.25) is 0 Å². The van der Waals surface area contributed by atoms with E-state index < -0.39 is 0 Å². The molecule has 246 valence electrons. The third kappa shape index (κ3) is 5.11. The van der Waals surface area contributed by atoms with Gasteiger partial charge in [0.1, 0.15) is 5.58 Å². The van der Waals surface area contributed by atoms with Gasteiger partial charge < -0.3 is 14.2 Å². The average molecular weight is 659 g/mol. The van der Waals surface area contributed by atoms with Crippen LogP contribution in [0.25, 0.3) is 21.9 Å². The first-order valence-electron chi connectivity index (χ1n) is 18.2. The number of fused-ring (bicyclic) bond motifs is 7. The van der Waals surface area contributed by atoms with Crippen LogP contribution < -0.4 is 9.80 Å². The monoisotopic (exact) mass is 658 g/mol. The molecular formula is C48H38N2O. The van der Waals surface area contributed by atoms with Crippen molar-refractivity contribution in [1.82, 2.24) is 0 Å². The van der Waals surface area contributed by atoms with Crippen LogP contribution in [0.2, 0.25) is 0 Å². The molecule has 0 radical (unpaired) electrons. The molecule has 2 heterocycles. The summed E-state index contributed by atoms with van der Waals surface area (Å²) in [6, 6.07) is 42.2. The molecule has 10 rings (SSSR count). The third-order valence-corrected chi connectivity index (χ3v) is 11.1. The average Bonchev–Trinajstić information content (AvgIpc) is 3.76. The first kappa shape index (κ1) is 29.8. The molecule has 1 aromatic heterocycles. The molecular weight excluding hydrogens is 621 g/mol. The molecule has 3 heteroatoms. The summed E-state index contributed by atoms with van der Waals surface area (Å²) in [5.74, 6) is 1.07. The second-order valence-electron chi connectivity index (χ2n) is 14.0. The number of hydrogen-bond acceptors (Lipinski definition) is 3. The zero-order chi connectivity index (χ0) is 33.7. The molecule has 0 saturated heterocycles. The zero-order valence-electron chi connectivity index (χ0n) is 28.3. The van der Waals surface area contributed by atoms with Gasteiger partial charge in [-0.2, -0.15) is 0 Å². The van der Waals surface area contributed by atoms with E-state index >= 15 is 0 Å². The number of hydrogen-bond donors (Lipinski definition) is 0. The van der Waals surface area contributed by atoms with Crippen molar-refractivity contribution in [2.45, 2.75) is 36.6 Å². The molecule has 4 atom stereocenters. The summed E-state index contributed by atoms with van der Waals surface area (Å²) >= 11 is 0. The van der Waals surface area contributed by atoms with E-state index in [-0.39, 0.29) is 12.0 Å². The number of para-hydroxylation sites is 1. The summed E-state index contributed by atoms with van der Waals surface area (Å²) < 4.78 is 6.63. The fraction of sp³-hybridized carbons (Fsp3) is 0.125. The highest BCUT2D eigenvalue weighted by atomic mass is 16.3. The predicted octanol–water partition coefficient (Wildman–Crippen LogP) is 12.7. The van der Waals surface area contributed by atoms with Crippen LogP contribution in [0.1, 0.15) is 47.3 Å². The highest BCUT2D eigenvalue weighted by Gasteiger charge is 2.40. The molecule has 0 spiro atoms. The van der Waals surface area contributed by atoms with Crippen LogP contribution in [-0.2, 0) is 0 Å². The first-order valence-corrected chi connectivity index (χ1v) is 18.2. The number of allylic oxidation sites excluding steroid dienone is 9. The van der Waals surface area contributed by atoms with E-state index in [1.54, 1.807) is 0 Å². The Hall–Kier alpha value is -6.06. The van der Waals surface area contributed by atoms with Crippen LogP contribution in [0.5, 0.6) is 0 Å². The zero-order valence-corrected chi connectivity index (χ0v) is 28.3. The summed E-state index contributed by atoms with van der Waals surface area (Å²) in [5.41, 5.74) is 11.7. The highest BCUT2D eigenvalue weighted by molar-refractivity contribution is 6.11. The number of rotatable bonds is 6. The normalized spacial score (nSPS) is 21.6. The molecule has 0 saturated carbocycles. The van der Waals surface area contributed by atoms with Gasteiger partial charge in [-0.1, -0.05) is 134 Å². The van der Waals surface area contributed by atoms with Gasteiger partial charge in [-0.15, -0.1) is 0 Å². The molecule has 0 bridgehead atoms. The third-order valence-electron chi connectivity index (χ3n) is 11.1. The van der Waals surface area contributed by atoms with E-state index in [2.05, 4.69) is 192 Å². The van der Waals surface area contributed by atoms with E-state index in [9.17, 15) is 0 Å². The maximum absolute atomic E-state index is 6.63. The minimum Gasteiger partial charge on any atom is -0.454 e. The minimum atomic E-state index is 0.181. The Kier molecular flexibility index (Phi) is 7.23. The fourth-order valence-electron chi connectivity index (χ4n) is 8.52. The van der Waals surface area contributed by atoms with Gasteiger partial charge in [0.05, 0.1) is 11.7 Å². The van der Waals surface area contributed by atoms with Crippen LogP contribution in [0.15, 0.2) is 192 Å². The lowest BCUT2D eigenvalue weighted by atomic mass is 9.91. The quantitative estimate of drug-likeness (QED) is 0.178. The Morgan fingerprint density at radius 2 is 1.31 bits per heavy atom. The standard InChI is InChI=1S/C48H38N2O/c1-3-11-33(12-4-1)35-19-23-37(24-20-35)49(38-25-21-36(22-26-38)34-13-5-2-6-14-34)39-27-29-40(30-28-39)50-45-17-9-7-15-41(45)43-31-32-44-42-16-8-10-18-46(42)51-48(44)47(43)50/h1-13,15-19,21-32,34-35,41,45H,14,20H2. The van der Waals surface area contributed by atoms with Gasteiger partial charge in [0.15, 0.2) is 5.58 Å². The number of benzene rings is 5. The van der Waals surface area contributed by atoms with Crippen molar-refractivity contribution in [2.24, 2.45) is 0 Å². The lowest BCUT2D eigenvalue weighted by molar-refractivity contribution is 0.667. The van der Waals surface area contributed by atoms with Gasteiger partial charge in [0, 0.05) is 51.3 Å². The van der Waals surface area contributed by atoms with E-state index in [4.69, 9.17) is 4.42 Å². The van der Waals surface area contributed by atoms with E-state index in [1.165, 1.54) is 28.1 Å². The molecule has 0 fully saturated rings. The first-order chi connectivity index (χ1) is 25.3. The van der Waals surface area contributed by atoms with Crippen LogP contribution in [-0.4, -0.2) is 6.04 Å². The molecule has 5 aromatic carbocycles. The van der Waals surface area contributed by atoms with Crippen molar-refractivity contribution in [3.8, 4) is 0 Å². The summed E-state index contributed by atoms with van der Waals surface area (Å²) in [6.07, 6.45) is 27.0. The van der Waals surface area contributed by atoms with E-state index in [1.807, 2.05) is 0 Å². The second-order valence-corrected chi connectivity index (χ2v) is 14.0. The van der Waals surface area contributed by atoms with Gasteiger partial charge >= 0.3 is 0 Å².